The Balaban J connectivity index is 1.50. The molecule has 0 radical (unpaired) electrons. The Hall–Kier alpha value is -3.02. The summed E-state index contributed by atoms with van der Waals surface area (Å²) >= 11 is 0. The third-order valence-electron chi connectivity index (χ3n) is 5.67. The molecule has 6 heteroatoms. The lowest BCUT2D eigenvalue weighted by atomic mass is 10.0. The van der Waals surface area contributed by atoms with Gasteiger partial charge in [-0.1, -0.05) is 12.1 Å². The Bertz CT molecular complexity index is 1090. The van der Waals surface area contributed by atoms with Crippen molar-refractivity contribution in [1.29, 1.82) is 0 Å². The topological polar surface area (TPSA) is 58.1 Å². The number of rotatable bonds is 6. The molecule has 0 unspecified atom stereocenters. The molecular formula is C23H23FN4O. The zero-order valence-corrected chi connectivity index (χ0v) is 16.4. The second-order valence-electron chi connectivity index (χ2n) is 8.06. The van der Waals surface area contributed by atoms with Crippen molar-refractivity contribution < 1.29 is 9.18 Å². The van der Waals surface area contributed by atoms with Crippen molar-refractivity contribution in [3.63, 3.8) is 0 Å². The van der Waals surface area contributed by atoms with Gasteiger partial charge in [0.25, 0.3) is 0 Å². The molecule has 5 rings (SSSR count). The van der Waals surface area contributed by atoms with E-state index in [2.05, 4.69) is 21.4 Å². The number of hydrogen-bond acceptors (Lipinski definition) is 4. The highest BCUT2D eigenvalue weighted by molar-refractivity contribution is 5.92. The van der Waals surface area contributed by atoms with E-state index < -0.39 is 0 Å². The minimum Gasteiger partial charge on any atom is -0.367 e. The van der Waals surface area contributed by atoms with Crippen LogP contribution in [-0.2, 0) is 11.3 Å². The van der Waals surface area contributed by atoms with Gasteiger partial charge in [0, 0.05) is 36.5 Å². The van der Waals surface area contributed by atoms with Crippen LogP contribution in [0, 0.1) is 5.82 Å². The summed E-state index contributed by atoms with van der Waals surface area (Å²) in [5, 5.41) is 4.42. The van der Waals surface area contributed by atoms with Gasteiger partial charge in [-0.05, 0) is 61.1 Å². The van der Waals surface area contributed by atoms with Gasteiger partial charge in [0.1, 0.15) is 18.0 Å². The molecule has 1 amide bonds. The maximum atomic E-state index is 14.5. The third kappa shape index (κ3) is 3.79. The number of aromatic nitrogens is 2. The number of carbonyl (C=O) groups is 1. The zero-order valence-electron chi connectivity index (χ0n) is 16.4. The van der Waals surface area contributed by atoms with Crippen LogP contribution in [-0.4, -0.2) is 32.9 Å². The van der Waals surface area contributed by atoms with Gasteiger partial charge < -0.3 is 10.2 Å². The fourth-order valence-electron chi connectivity index (χ4n) is 3.71. The molecule has 0 aliphatic heterocycles. The van der Waals surface area contributed by atoms with E-state index in [0.29, 0.717) is 18.2 Å². The van der Waals surface area contributed by atoms with Crippen LogP contribution in [0.15, 0.2) is 42.7 Å². The lowest BCUT2D eigenvalue weighted by Gasteiger charge is -2.21. The lowest BCUT2D eigenvalue weighted by Crippen LogP contribution is -2.30. The van der Waals surface area contributed by atoms with Crippen molar-refractivity contribution in [3.8, 4) is 11.1 Å². The van der Waals surface area contributed by atoms with Crippen molar-refractivity contribution in [2.45, 2.75) is 51.2 Å². The first kappa shape index (κ1) is 18.0. The largest absolute Gasteiger partial charge is 0.367 e. The van der Waals surface area contributed by atoms with E-state index in [1.165, 1.54) is 18.9 Å². The van der Waals surface area contributed by atoms with E-state index in [4.69, 9.17) is 0 Å². The third-order valence-corrected chi connectivity index (χ3v) is 5.67. The average Bonchev–Trinajstić information content (AvgIpc) is 3.62. The van der Waals surface area contributed by atoms with E-state index in [9.17, 15) is 9.18 Å². The Morgan fingerprint density at radius 3 is 2.59 bits per heavy atom. The molecule has 2 aliphatic carbocycles. The summed E-state index contributed by atoms with van der Waals surface area (Å²) < 4.78 is 14.5. The summed E-state index contributed by atoms with van der Waals surface area (Å²) in [6.07, 6.45) is 5.92. The van der Waals surface area contributed by atoms with E-state index in [1.807, 2.05) is 18.2 Å². The molecule has 2 aliphatic rings. The standard InChI is InChI=1S/C23H23FN4O/c1-14(29)28(19-6-7-19)12-17-10-15(2-8-21(17)24)16-3-9-22-20(11-16)23(26-13-25-22)27-18-4-5-18/h2-3,8-11,13,18-19H,4-7,12H2,1H3,(H,25,26,27). The minimum absolute atomic E-state index is 0.00375. The predicted octanol–water partition coefficient (Wildman–Crippen LogP) is 4.52. The Labute approximate surface area is 169 Å². The van der Waals surface area contributed by atoms with Crippen LogP contribution in [0.5, 0.6) is 0 Å². The summed E-state index contributed by atoms with van der Waals surface area (Å²) in [6.45, 7) is 1.86. The molecular weight excluding hydrogens is 367 g/mol. The summed E-state index contributed by atoms with van der Waals surface area (Å²) in [4.78, 5) is 22.5. The Morgan fingerprint density at radius 2 is 1.86 bits per heavy atom. The average molecular weight is 390 g/mol. The molecule has 1 aromatic heterocycles. The predicted molar refractivity (Wildman–Crippen MR) is 111 cm³/mol. The molecule has 1 heterocycles. The van der Waals surface area contributed by atoms with Gasteiger partial charge in [-0.25, -0.2) is 14.4 Å². The van der Waals surface area contributed by atoms with Crippen LogP contribution < -0.4 is 5.32 Å². The zero-order chi connectivity index (χ0) is 20.0. The highest BCUT2D eigenvalue weighted by atomic mass is 19.1. The second kappa shape index (κ2) is 7.10. The molecule has 29 heavy (non-hydrogen) atoms. The van der Waals surface area contributed by atoms with Crippen molar-refractivity contribution in [3.05, 3.63) is 54.1 Å². The maximum Gasteiger partial charge on any atom is 0.219 e. The molecule has 2 saturated carbocycles. The van der Waals surface area contributed by atoms with Crippen molar-refractivity contribution in [1.82, 2.24) is 14.9 Å². The monoisotopic (exact) mass is 390 g/mol. The minimum atomic E-state index is -0.277. The first-order chi connectivity index (χ1) is 14.1. The fraction of sp³-hybridized carbons (Fsp3) is 0.348. The van der Waals surface area contributed by atoms with E-state index in [-0.39, 0.29) is 17.8 Å². The van der Waals surface area contributed by atoms with Gasteiger partial charge >= 0.3 is 0 Å². The Kier molecular flexibility index (Phi) is 4.42. The summed E-state index contributed by atoms with van der Waals surface area (Å²) in [7, 11) is 0. The molecule has 5 nitrogen and oxygen atoms in total. The number of anilines is 1. The van der Waals surface area contributed by atoms with Gasteiger partial charge in [0.05, 0.1) is 5.52 Å². The summed E-state index contributed by atoms with van der Waals surface area (Å²) in [6, 6.07) is 11.9. The number of hydrogen-bond donors (Lipinski definition) is 1. The maximum absolute atomic E-state index is 14.5. The van der Waals surface area contributed by atoms with Gasteiger partial charge in [-0.3, -0.25) is 4.79 Å². The smallest absolute Gasteiger partial charge is 0.219 e. The first-order valence-corrected chi connectivity index (χ1v) is 10.2. The Morgan fingerprint density at radius 1 is 1.10 bits per heavy atom. The highest BCUT2D eigenvalue weighted by Crippen LogP contribution is 2.32. The molecule has 0 atom stereocenters. The highest BCUT2D eigenvalue weighted by Gasteiger charge is 2.31. The number of carbonyl (C=O) groups excluding carboxylic acids is 1. The lowest BCUT2D eigenvalue weighted by molar-refractivity contribution is -0.130. The van der Waals surface area contributed by atoms with Gasteiger partial charge in [-0.2, -0.15) is 0 Å². The van der Waals surface area contributed by atoms with E-state index in [1.54, 1.807) is 24.2 Å². The van der Waals surface area contributed by atoms with Gasteiger partial charge in [0.15, 0.2) is 0 Å². The van der Waals surface area contributed by atoms with Crippen LogP contribution >= 0.6 is 0 Å². The molecule has 2 aromatic carbocycles. The molecule has 148 valence electrons. The molecule has 0 spiro atoms. The summed E-state index contributed by atoms with van der Waals surface area (Å²) in [5.41, 5.74) is 3.33. The number of halogens is 1. The number of fused-ring (bicyclic) bond motifs is 1. The van der Waals surface area contributed by atoms with Crippen molar-refractivity contribution in [2.24, 2.45) is 0 Å². The van der Waals surface area contributed by atoms with Crippen LogP contribution in [0.3, 0.4) is 0 Å². The quantitative estimate of drug-likeness (QED) is 0.672. The SMILES string of the molecule is CC(=O)N(Cc1cc(-c2ccc3ncnc(NC4CC4)c3c2)ccc1F)C1CC1. The van der Waals surface area contributed by atoms with Crippen molar-refractivity contribution in [2.75, 3.05) is 5.32 Å². The van der Waals surface area contributed by atoms with Gasteiger partial charge in [-0.15, -0.1) is 0 Å². The second-order valence-corrected chi connectivity index (χ2v) is 8.06. The normalized spacial score (nSPS) is 16.1. The number of benzene rings is 2. The first-order valence-electron chi connectivity index (χ1n) is 10.2. The molecule has 0 saturated heterocycles. The molecule has 0 bridgehead atoms. The molecule has 1 N–H and O–H groups in total. The number of amides is 1. The van der Waals surface area contributed by atoms with Crippen LogP contribution in [0.1, 0.15) is 38.2 Å². The fourth-order valence-corrected chi connectivity index (χ4v) is 3.71. The molecule has 3 aromatic rings. The van der Waals surface area contributed by atoms with Crippen LogP contribution in [0.2, 0.25) is 0 Å². The van der Waals surface area contributed by atoms with Crippen LogP contribution in [0.25, 0.3) is 22.0 Å². The number of nitrogens with one attached hydrogen (secondary N) is 1. The van der Waals surface area contributed by atoms with Crippen molar-refractivity contribution >= 4 is 22.6 Å². The van der Waals surface area contributed by atoms with E-state index in [0.717, 1.165) is 40.7 Å². The van der Waals surface area contributed by atoms with Gasteiger partial charge in [0.2, 0.25) is 5.91 Å². The number of nitrogens with zero attached hydrogens (tertiary/aromatic N) is 3. The summed E-state index contributed by atoms with van der Waals surface area (Å²) in [5.74, 6) is 0.565. The molecule has 2 fully saturated rings. The van der Waals surface area contributed by atoms with Crippen LogP contribution in [0.4, 0.5) is 10.2 Å². The van der Waals surface area contributed by atoms with E-state index >= 15 is 0 Å².